The van der Waals surface area contributed by atoms with Gasteiger partial charge in [0.05, 0.1) is 5.56 Å². The Morgan fingerprint density at radius 3 is 2.14 bits per heavy atom. The van der Waals surface area contributed by atoms with Crippen LogP contribution in [0.2, 0.25) is 20.1 Å². The highest BCUT2D eigenvalue weighted by Gasteiger charge is 2.28. The second-order valence-corrected chi connectivity index (χ2v) is 7.85. The highest BCUT2D eigenvalue weighted by atomic mass is 35.5. The molecule has 3 aromatic rings. The molecule has 0 unspecified atom stereocenters. The molecule has 0 atom stereocenters. The van der Waals surface area contributed by atoms with Crippen LogP contribution in [0.15, 0.2) is 60.4 Å². The van der Waals surface area contributed by atoms with Gasteiger partial charge in [-0.15, -0.1) is 0 Å². The molecule has 0 N–H and O–H groups in total. The molecular formula is C22H12Cl4O3. The molecule has 0 bridgehead atoms. The number of halogens is 4. The maximum atomic E-state index is 12.6. The molecule has 1 aliphatic heterocycles. The largest absolute Gasteiger partial charge is 0.489 e. The van der Waals surface area contributed by atoms with Crippen LogP contribution in [-0.4, -0.2) is 5.78 Å². The van der Waals surface area contributed by atoms with Gasteiger partial charge in [-0.1, -0.05) is 58.5 Å². The summed E-state index contributed by atoms with van der Waals surface area (Å²) >= 11 is 24.7. The molecule has 0 spiro atoms. The zero-order valence-electron chi connectivity index (χ0n) is 14.7. The van der Waals surface area contributed by atoms with Crippen molar-refractivity contribution in [3.63, 3.8) is 0 Å². The fourth-order valence-electron chi connectivity index (χ4n) is 2.86. The lowest BCUT2D eigenvalue weighted by Gasteiger charge is -2.10. The molecular weight excluding hydrogens is 454 g/mol. The van der Waals surface area contributed by atoms with Crippen molar-refractivity contribution in [2.45, 2.75) is 6.61 Å². The summed E-state index contributed by atoms with van der Waals surface area (Å²) < 4.78 is 11.5. The van der Waals surface area contributed by atoms with Gasteiger partial charge in [-0.25, -0.2) is 0 Å². The van der Waals surface area contributed by atoms with Crippen molar-refractivity contribution in [2.24, 2.45) is 0 Å². The zero-order chi connectivity index (χ0) is 20.5. The molecule has 0 saturated carbocycles. The summed E-state index contributed by atoms with van der Waals surface area (Å²) in [6.45, 7) is 0.184. The van der Waals surface area contributed by atoms with Gasteiger partial charge < -0.3 is 9.47 Å². The highest BCUT2D eigenvalue weighted by molar-refractivity contribution is 6.37. The van der Waals surface area contributed by atoms with Gasteiger partial charge in [0.25, 0.3) is 0 Å². The van der Waals surface area contributed by atoms with E-state index in [1.807, 2.05) is 0 Å². The second-order valence-electron chi connectivity index (χ2n) is 6.22. The smallest absolute Gasteiger partial charge is 0.231 e. The van der Waals surface area contributed by atoms with E-state index in [0.29, 0.717) is 48.3 Å². The third-order valence-electron chi connectivity index (χ3n) is 4.36. The van der Waals surface area contributed by atoms with Crippen molar-refractivity contribution in [1.82, 2.24) is 0 Å². The minimum Gasteiger partial charge on any atom is -0.489 e. The molecule has 1 aliphatic rings. The number of fused-ring (bicyclic) bond motifs is 1. The van der Waals surface area contributed by atoms with Gasteiger partial charge in [-0.05, 0) is 42.5 Å². The number of carbonyl (C=O) groups is 1. The van der Waals surface area contributed by atoms with Gasteiger partial charge in [0, 0.05) is 37.3 Å². The van der Waals surface area contributed by atoms with E-state index in [1.165, 1.54) is 6.08 Å². The summed E-state index contributed by atoms with van der Waals surface area (Å²) in [4.78, 5) is 12.6. The molecule has 0 fully saturated rings. The molecule has 7 heteroatoms. The Bertz CT molecular complexity index is 1110. The van der Waals surface area contributed by atoms with E-state index in [-0.39, 0.29) is 18.1 Å². The van der Waals surface area contributed by atoms with Crippen molar-refractivity contribution in [3.05, 3.63) is 97.1 Å². The number of carbonyl (C=O) groups excluding carboxylic acids is 1. The zero-order valence-corrected chi connectivity index (χ0v) is 17.7. The maximum absolute atomic E-state index is 12.6. The fourth-order valence-corrected chi connectivity index (χ4v) is 3.88. The predicted molar refractivity (Wildman–Crippen MR) is 117 cm³/mol. The first-order valence-corrected chi connectivity index (χ1v) is 10.0. The van der Waals surface area contributed by atoms with Crippen LogP contribution in [0.5, 0.6) is 11.5 Å². The molecule has 4 rings (SSSR count). The van der Waals surface area contributed by atoms with Gasteiger partial charge in [-0.3, -0.25) is 4.79 Å². The number of ether oxygens (including phenoxy) is 2. The predicted octanol–water partition coefficient (Wildman–Crippen LogP) is 7.50. The summed E-state index contributed by atoms with van der Waals surface area (Å²) in [5.74, 6) is 0.801. The van der Waals surface area contributed by atoms with Crippen molar-refractivity contribution >= 4 is 58.3 Å². The average molecular weight is 466 g/mol. The summed E-state index contributed by atoms with van der Waals surface area (Å²) in [7, 11) is 0. The topological polar surface area (TPSA) is 35.5 Å². The van der Waals surface area contributed by atoms with E-state index < -0.39 is 0 Å². The quantitative estimate of drug-likeness (QED) is 0.374. The number of allylic oxidation sites excluding steroid dienone is 1. The average Bonchev–Trinajstić information content (AvgIpc) is 2.99. The summed E-state index contributed by atoms with van der Waals surface area (Å²) in [5, 5.41) is 1.90. The number of ketones is 1. The highest BCUT2D eigenvalue weighted by Crippen LogP contribution is 2.37. The van der Waals surface area contributed by atoms with Crippen LogP contribution in [0, 0.1) is 0 Å². The van der Waals surface area contributed by atoms with Crippen LogP contribution in [0.4, 0.5) is 0 Å². The van der Waals surface area contributed by atoms with E-state index in [0.717, 1.165) is 0 Å². The molecule has 0 radical (unpaired) electrons. The first-order chi connectivity index (χ1) is 13.9. The lowest BCUT2D eigenvalue weighted by Crippen LogP contribution is -1.98. The Hall–Kier alpha value is -2.17. The summed E-state index contributed by atoms with van der Waals surface area (Å²) in [6.07, 6.45) is 1.54. The Balaban J connectivity index is 1.57. The summed E-state index contributed by atoms with van der Waals surface area (Å²) in [5.41, 5.74) is 1.64. The Kier molecular flexibility index (Phi) is 5.75. The van der Waals surface area contributed by atoms with Gasteiger partial charge in [0.15, 0.2) is 5.76 Å². The van der Waals surface area contributed by atoms with Crippen molar-refractivity contribution in [1.29, 1.82) is 0 Å². The van der Waals surface area contributed by atoms with E-state index in [4.69, 9.17) is 55.9 Å². The van der Waals surface area contributed by atoms with Crippen LogP contribution in [0.3, 0.4) is 0 Å². The Labute approximate surface area is 187 Å². The van der Waals surface area contributed by atoms with Crippen LogP contribution >= 0.6 is 46.4 Å². The molecule has 0 amide bonds. The maximum Gasteiger partial charge on any atom is 0.231 e. The lowest BCUT2D eigenvalue weighted by molar-refractivity contribution is 0.101. The third kappa shape index (κ3) is 4.10. The van der Waals surface area contributed by atoms with Gasteiger partial charge in [0.1, 0.15) is 18.1 Å². The van der Waals surface area contributed by atoms with Crippen molar-refractivity contribution < 1.29 is 14.3 Å². The third-order valence-corrected chi connectivity index (χ3v) is 5.73. The number of rotatable bonds is 4. The Morgan fingerprint density at radius 2 is 1.48 bits per heavy atom. The van der Waals surface area contributed by atoms with Gasteiger partial charge >= 0.3 is 0 Å². The Morgan fingerprint density at radius 1 is 0.862 bits per heavy atom. The van der Waals surface area contributed by atoms with Crippen LogP contribution in [-0.2, 0) is 6.61 Å². The molecule has 0 aliphatic carbocycles. The number of hydrogen-bond acceptors (Lipinski definition) is 3. The lowest BCUT2D eigenvalue weighted by atomic mass is 10.1. The minimum absolute atomic E-state index is 0.140. The van der Waals surface area contributed by atoms with Gasteiger partial charge in [0.2, 0.25) is 5.78 Å². The first-order valence-electron chi connectivity index (χ1n) is 8.52. The molecule has 29 heavy (non-hydrogen) atoms. The molecule has 1 heterocycles. The molecule has 0 aromatic heterocycles. The van der Waals surface area contributed by atoms with Crippen LogP contribution in [0.1, 0.15) is 21.5 Å². The fraction of sp³-hybridized carbons (Fsp3) is 0.0455. The second kappa shape index (κ2) is 8.29. The normalized spacial score (nSPS) is 14.1. The molecule has 146 valence electrons. The van der Waals surface area contributed by atoms with E-state index >= 15 is 0 Å². The van der Waals surface area contributed by atoms with Crippen molar-refractivity contribution in [3.8, 4) is 11.5 Å². The van der Waals surface area contributed by atoms with E-state index in [9.17, 15) is 4.79 Å². The van der Waals surface area contributed by atoms with E-state index in [1.54, 1.807) is 54.6 Å². The van der Waals surface area contributed by atoms with Crippen molar-refractivity contribution in [2.75, 3.05) is 0 Å². The molecule has 3 nitrogen and oxygen atoms in total. The summed E-state index contributed by atoms with van der Waals surface area (Å²) in [6, 6.07) is 15.4. The van der Waals surface area contributed by atoms with Crippen LogP contribution in [0.25, 0.3) is 6.08 Å². The van der Waals surface area contributed by atoms with E-state index in [2.05, 4.69) is 0 Å². The number of hydrogen-bond donors (Lipinski definition) is 0. The standard InChI is InChI=1S/C22H12Cl4O3/c23-16-3-1-4-17(24)14(16)10-21-22(27)13-8-7-12(9-20(13)29-21)28-11-15-18(25)5-2-6-19(15)26/h1-10H,11H2. The first kappa shape index (κ1) is 20.1. The molecule has 0 saturated heterocycles. The number of Topliss-reactive ketones (excluding diaryl/α,β-unsaturated/α-hetero) is 1. The number of benzene rings is 3. The van der Waals surface area contributed by atoms with Gasteiger partial charge in [-0.2, -0.15) is 0 Å². The van der Waals surface area contributed by atoms with Crippen LogP contribution < -0.4 is 9.47 Å². The minimum atomic E-state index is -0.253. The molecule has 3 aromatic carbocycles. The SMILES string of the molecule is O=C1C(=Cc2c(Cl)cccc2Cl)Oc2cc(OCc3c(Cl)cccc3Cl)ccc21. The monoisotopic (exact) mass is 464 g/mol.